The minimum absolute atomic E-state index is 1.12. The van der Waals surface area contributed by atoms with Crippen LogP contribution >= 0.6 is 0 Å². The van der Waals surface area contributed by atoms with E-state index in [0.29, 0.717) is 0 Å². The van der Waals surface area contributed by atoms with E-state index in [2.05, 4.69) is 0 Å². The average Bonchev–Trinajstić information content (AvgIpc) is 1.90. The van der Waals surface area contributed by atoms with Gasteiger partial charge in [0.2, 0.25) is 0 Å². The molecule has 0 atom stereocenters. The zero-order chi connectivity index (χ0) is 6.69. The van der Waals surface area contributed by atoms with Crippen molar-refractivity contribution in [3.8, 4) is 0 Å². The predicted octanol–water partition coefficient (Wildman–Crippen LogP) is -0.651. The van der Waals surface area contributed by atoms with Crippen LogP contribution in [0.3, 0.4) is 0 Å². The highest BCUT2D eigenvalue weighted by atomic mass is 32.2. The van der Waals surface area contributed by atoms with E-state index in [1.807, 2.05) is 0 Å². The predicted molar refractivity (Wildman–Crippen MR) is 32.3 cm³/mol. The van der Waals surface area contributed by atoms with Gasteiger partial charge in [0.05, 0.1) is 0 Å². The Bertz CT molecular complexity index is 247. The maximum Gasteiger partial charge on any atom is 0.359 e. The highest BCUT2D eigenvalue weighted by Gasteiger charge is 1.93. The highest BCUT2D eigenvalue weighted by molar-refractivity contribution is 7.65. The van der Waals surface area contributed by atoms with Crippen molar-refractivity contribution < 1.29 is 12.4 Å². The first-order valence-corrected chi connectivity index (χ1v) is 3.55. The van der Waals surface area contributed by atoms with E-state index in [1.54, 1.807) is 18.2 Å². The zero-order valence-electron chi connectivity index (χ0n) is 4.60. The Morgan fingerprint density at radius 2 is 1.56 bits per heavy atom. The summed E-state index contributed by atoms with van der Waals surface area (Å²) in [5.41, 5.74) is 0. The molecule has 0 aromatic carbocycles. The molecule has 1 rings (SSSR count). The number of nitrogens with zero attached hydrogens (tertiary/aromatic N) is 1. The number of thiol groups is 1. The van der Waals surface area contributed by atoms with Crippen molar-refractivity contribution in [1.82, 2.24) is 0 Å². The summed E-state index contributed by atoms with van der Waals surface area (Å²) in [5.74, 6) is 0. The number of hydrogen-bond donors (Lipinski definition) is 1. The van der Waals surface area contributed by atoms with Gasteiger partial charge in [0, 0.05) is 12.1 Å². The second-order valence-electron chi connectivity index (χ2n) is 1.49. The summed E-state index contributed by atoms with van der Waals surface area (Å²) in [7, 11) is -2.48. The molecule has 9 heavy (non-hydrogen) atoms. The van der Waals surface area contributed by atoms with Crippen molar-refractivity contribution in [3.05, 3.63) is 30.6 Å². The van der Waals surface area contributed by atoms with Gasteiger partial charge in [0.15, 0.2) is 12.4 Å². The van der Waals surface area contributed by atoms with Gasteiger partial charge in [-0.1, -0.05) is 10.0 Å². The van der Waals surface area contributed by atoms with Crippen LogP contribution in [0.5, 0.6) is 0 Å². The van der Waals surface area contributed by atoms with Gasteiger partial charge in [-0.3, -0.25) is 0 Å². The minimum atomic E-state index is -2.48. The normalized spacial score (nSPS) is 9.89. The molecular formula is C5H6NO2S+. The van der Waals surface area contributed by atoms with Crippen LogP contribution in [0.25, 0.3) is 0 Å². The van der Waals surface area contributed by atoms with Crippen LogP contribution in [0.15, 0.2) is 30.6 Å². The Labute approximate surface area is 54.7 Å². The van der Waals surface area contributed by atoms with Gasteiger partial charge in [-0.2, -0.15) is 8.42 Å². The molecule has 0 bridgehead atoms. The standard InChI is InChI=1S/C5H6NO2S/c7-9(8)6-4-2-1-3-5-6/h1-5,9H/q+1. The van der Waals surface area contributed by atoms with Crippen LogP contribution in [-0.2, 0) is 10.9 Å². The summed E-state index contributed by atoms with van der Waals surface area (Å²) in [6.07, 6.45) is 2.96. The summed E-state index contributed by atoms with van der Waals surface area (Å²) >= 11 is 0. The van der Waals surface area contributed by atoms with E-state index in [0.717, 1.165) is 3.97 Å². The number of aromatic nitrogens is 1. The average molecular weight is 144 g/mol. The van der Waals surface area contributed by atoms with Gasteiger partial charge in [0.25, 0.3) is 0 Å². The van der Waals surface area contributed by atoms with Crippen molar-refractivity contribution in [2.45, 2.75) is 0 Å². The molecule has 1 heterocycles. The molecular weight excluding hydrogens is 138 g/mol. The van der Waals surface area contributed by atoms with Gasteiger partial charge in [-0.05, 0) is 0 Å². The fraction of sp³-hybridized carbons (Fsp3) is 0. The molecule has 0 aliphatic rings. The lowest BCUT2D eigenvalue weighted by Gasteiger charge is -1.78. The molecule has 1 aromatic rings. The van der Waals surface area contributed by atoms with E-state index >= 15 is 0 Å². The molecule has 4 heteroatoms. The molecule has 0 aliphatic heterocycles. The largest absolute Gasteiger partial charge is 0.359 e. The third-order valence-corrected chi connectivity index (χ3v) is 1.53. The first-order valence-electron chi connectivity index (χ1n) is 2.41. The second kappa shape index (κ2) is 2.59. The van der Waals surface area contributed by atoms with Gasteiger partial charge >= 0.3 is 10.9 Å². The van der Waals surface area contributed by atoms with Crippen molar-refractivity contribution in [1.29, 1.82) is 0 Å². The van der Waals surface area contributed by atoms with Gasteiger partial charge < -0.3 is 0 Å². The lowest BCUT2D eigenvalue weighted by molar-refractivity contribution is -0.504. The van der Waals surface area contributed by atoms with E-state index < -0.39 is 10.9 Å². The zero-order valence-corrected chi connectivity index (χ0v) is 5.49. The van der Waals surface area contributed by atoms with Gasteiger partial charge in [-0.15, -0.1) is 0 Å². The molecule has 0 unspecified atom stereocenters. The maximum absolute atomic E-state index is 10.2. The molecule has 0 saturated carbocycles. The number of rotatable bonds is 1. The molecule has 3 nitrogen and oxygen atoms in total. The molecule has 48 valence electrons. The van der Waals surface area contributed by atoms with Crippen LogP contribution in [0, 0.1) is 0 Å². The molecule has 1 aromatic heterocycles. The van der Waals surface area contributed by atoms with Gasteiger partial charge in [0.1, 0.15) is 0 Å². The second-order valence-corrected chi connectivity index (χ2v) is 2.43. The van der Waals surface area contributed by atoms with E-state index in [4.69, 9.17) is 0 Å². The molecule has 0 spiro atoms. The Balaban J connectivity index is 3.13. The molecule has 0 saturated heterocycles. The number of hydrogen-bond acceptors (Lipinski definition) is 2. The molecule has 0 N–H and O–H groups in total. The summed E-state index contributed by atoms with van der Waals surface area (Å²) in [6, 6.07) is 5.07. The smallest absolute Gasteiger partial charge is 0.166 e. The first kappa shape index (κ1) is 6.22. The Hall–Kier alpha value is -0.900. The Kier molecular flexibility index (Phi) is 1.79. The molecule has 0 aliphatic carbocycles. The first-order chi connectivity index (χ1) is 4.30. The topological polar surface area (TPSA) is 38.0 Å². The Morgan fingerprint density at radius 1 is 1.00 bits per heavy atom. The van der Waals surface area contributed by atoms with Gasteiger partial charge in [-0.25, -0.2) is 0 Å². The van der Waals surface area contributed by atoms with Crippen molar-refractivity contribution in [2.24, 2.45) is 0 Å². The van der Waals surface area contributed by atoms with Crippen LogP contribution in [0.4, 0.5) is 0 Å². The van der Waals surface area contributed by atoms with Crippen LogP contribution in [-0.4, -0.2) is 8.42 Å². The van der Waals surface area contributed by atoms with Crippen LogP contribution in [0.2, 0.25) is 0 Å². The van der Waals surface area contributed by atoms with Crippen LogP contribution in [0.1, 0.15) is 0 Å². The molecule has 0 radical (unpaired) electrons. The lowest BCUT2D eigenvalue weighted by atomic mass is 10.5. The molecule has 0 amide bonds. The third-order valence-electron chi connectivity index (χ3n) is 0.888. The Morgan fingerprint density at radius 3 is 1.89 bits per heavy atom. The van der Waals surface area contributed by atoms with E-state index in [1.165, 1.54) is 12.4 Å². The van der Waals surface area contributed by atoms with Crippen molar-refractivity contribution in [2.75, 3.05) is 0 Å². The minimum Gasteiger partial charge on any atom is -0.166 e. The monoisotopic (exact) mass is 144 g/mol. The lowest BCUT2D eigenvalue weighted by Crippen LogP contribution is -2.30. The van der Waals surface area contributed by atoms with Crippen molar-refractivity contribution >= 4 is 10.9 Å². The maximum atomic E-state index is 10.2. The van der Waals surface area contributed by atoms with Crippen molar-refractivity contribution in [3.63, 3.8) is 0 Å². The fourth-order valence-corrected chi connectivity index (χ4v) is 0.870. The van der Waals surface area contributed by atoms with E-state index in [-0.39, 0.29) is 0 Å². The highest BCUT2D eigenvalue weighted by Crippen LogP contribution is 1.73. The third kappa shape index (κ3) is 1.50. The summed E-state index contributed by atoms with van der Waals surface area (Å²) in [5, 5.41) is 0. The number of pyridine rings is 1. The summed E-state index contributed by atoms with van der Waals surface area (Å²) < 4.78 is 21.5. The SMILES string of the molecule is O=[SH](=O)[n+]1ccccc1. The summed E-state index contributed by atoms with van der Waals surface area (Å²) in [4.78, 5) is 0. The van der Waals surface area contributed by atoms with E-state index in [9.17, 15) is 8.42 Å². The molecule has 0 fully saturated rings. The van der Waals surface area contributed by atoms with Crippen LogP contribution < -0.4 is 3.97 Å². The quantitative estimate of drug-likeness (QED) is 0.420. The fourth-order valence-electron chi connectivity index (χ4n) is 0.498. The summed E-state index contributed by atoms with van der Waals surface area (Å²) in [6.45, 7) is 0.